The maximum atomic E-state index is 6.28. The van der Waals surface area contributed by atoms with Gasteiger partial charge >= 0.3 is 5.65 Å². The van der Waals surface area contributed by atoms with Gasteiger partial charge in [-0.1, -0.05) is 22.7 Å². The van der Waals surface area contributed by atoms with Crippen LogP contribution in [0.25, 0.3) is 11.3 Å². The van der Waals surface area contributed by atoms with Gasteiger partial charge in [0.15, 0.2) is 5.69 Å². The number of nitrogens with zero attached hydrogens (tertiary/aromatic N) is 3. The number of aromatic nitrogens is 3. The summed E-state index contributed by atoms with van der Waals surface area (Å²) in [5.74, 6) is 1.66. The summed E-state index contributed by atoms with van der Waals surface area (Å²) in [6.07, 6.45) is 1.75. The van der Waals surface area contributed by atoms with E-state index in [2.05, 4.69) is 33.2 Å². The lowest BCUT2D eigenvalue weighted by Gasteiger charge is -2.20. The first kappa shape index (κ1) is 12.9. The molecule has 0 amide bonds. The highest BCUT2D eigenvalue weighted by molar-refractivity contribution is 9.10. The molecular weight excluding hydrogens is 356 g/mol. The Hall–Kier alpha value is -1.79. The molecule has 0 atom stereocenters. The normalized spacial score (nSPS) is 12.2. The van der Waals surface area contributed by atoms with Crippen molar-refractivity contribution in [3.05, 3.63) is 39.6 Å². The summed E-state index contributed by atoms with van der Waals surface area (Å²) in [4.78, 5) is 4.41. The van der Waals surface area contributed by atoms with Crippen molar-refractivity contribution in [1.82, 2.24) is 9.67 Å². The number of fused-ring (bicyclic) bond motifs is 2. The van der Waals surface area contributed by atoms with Crippen LogP contribution in [0.1, 0.15) is 5.56 Å². The third-order valence-corrected chi connectivity index (χ3v) is 4.53. The Bertz CT molecular complexity index is 906. The first-order chi connectivity index (χ1) is 10.1. The van der Waals surface area contributed by atoms with Crippen LogP contribution in [0.4, 0.5) is 11.5 Å². The van der Waals surface area contributed by atoms with E-state index in [4.69, 9.17) is 16.3 Å². The van der Waals surface area contributed by atoms with Crippen molar-refractivity contribution in [2.24, 2.45) is 0 Å². The highest BCUT2D eigenvalue weighted by Crippen LogP contribution is 2.39. The molecular formula is C14H11BrClN4O+. The van der Waals surface area contributed by atoms with Crippen molar-refractivity contribution < 1.29 is 9.25 Å². The monoisotopic (exact) mass is 365 g/mol. The van der Waals surface area contributed by atoms with Crippen molar-refractivity contribution in [2.45, 2.75) is 6.92 Å². The number of hydrogen-bond acceptors (Lipinski definition) is 3. The van der Waals surface area contributed by atoms with Gasteiger partial charge in [0.05, 0.1) is 11.6 Å². The van der Waals surface area contributed by atoms with Crippen LogP contribution in [0.5, 0.6) is 5.75 Å². The van der Waals surface area contributed by atoms with Crippen LogP contribution in [0, 0.1) is 6.92 Å². The van der Waals surface area contributed by atoms with Crippen LogP contribution in [0.3, 0.4) is 0 Å². The van der Waals surface area contributed by atoms with E-state index in [0.717, 1.165) is 33.0 Å². The molecule has 1 aromatic carbocycles. The molecule has 0 saturated carbocycles. The number of aryl methyl sites for hydroxylation is 1. The van der Waals surface area contributed by atoms with Crippen molar-refractivity contribution in [3.8, 4) is 11.4 Å². The summed E-state index contributed by atoms with van der Waals surface area (Å²) in [6, 6.07) is 5.82. The molecule has 0 saturated heterocycles. The molecule has 0 aliphatic carbocycles. The van der Waals surface area contributed by atoms with Crippen molar-refractivity contribution in [3.63, 3.8) is 0 Å². The van der Waals surface area contributed by atoms with Gasteiger partial charge in [0.25, 0.3) is 5.82 Å². The van der Waals surface area contributed by atoms with Gasteiger partial charge in [0.1, 0.15) is 16.5 Å². The number of benzene rings is 1. The minimum absolute atomic E-state index is 0.584. The largest absolute Gasteiger partial charge is 0.494 e. The molecule has 1 N–H and O–H groups in total. The lowest BCUT2D eigenvalue weighted by atomic mass is 10.1. The van der Waals surface area contributed by atoms with Gasteiger partial charge in [0.2, 0.25) is 6.33 Å². The third-order valence-electron chi connectivity index (χ3n) is 3.65. The number of nitrogens with one attached hydrogen (secondary N) is 1. The van der Waals surface area contributed by atoms with E-state index >= 15 is 0 Å². The second-order valence-electron chi connectivity index (χ2n) is 4.85. The second-order valence-corrected chi connectivity index (χ2v) is 6.11. The molecule has 1 aliphatic rings. The van der Waals surface area contributed by atoms with Crippen LogP contribution < -0.4 is 14.6 Å². The summed E-state index contributed by atoms with van der Waals surface area (Å²) < 4.78 is 10.2. The maximum Gasteiger partial charge on any atom is 0.306 e. The van der Waals surface area contributed by atoms with Gasteiger partial charge in [-0.2, -0.15) is 4.68 Å². The third kappa shape index (κ3) is 1.63. The van der Waals surface area contributed by atoms with E-state index in [1.165, 1.54) is 0 Å². The maximum absolute atomic E-state index is 6.28. The van der Waals surface area contributed by atoms with E-state index in [1.54, 1.807) is 13.4 Å². The summed E-state index contributed by atoms with van der Waals surface area (Å²) in [5, 5.41) is 4.03. The second kappa shape index (κ2) is 4.35. The number of hydrogen-bond donors (Lipinski definition) is 1. The first-order valence-corrected chi connectivity index (χ1v) is 7.51. The minimum Gasteiger partial charge on any atom is -0.494 e. The van der Waals surface area contributed by atoms with E-state index in [9.17, 15) is 0 Å². The Labute approximate surface area is 134 Å². The van der Waals surface area contributed by atoms with Gasteiger partial charge in [-0.25, -0.2) is 0 Å². The fraction of sp³-hybridized carbons (Fsp3) is 0.143. The molecule has 2 aromatic heterocycles. The Balaban J connectivity index is 2.19. The molecule has 3 aromatic rings. The number of rotatable bonds is 1. The molecule has 106 valence electrons. The SMILES string of the molecule is COc1ccc(C)c2c1-n1cnc3c(Cl)cc(Br)c([n+]31)N2. The summed E-state index contributed by atoms with van der Waals surface area (Å²) >= 11 is 9.83. The zero-order valence-corrected chi connectivity index (χ0v) is 13.7. The van der Waals surface area contributed by atoms with Crippen molar-refractivity contribution in [2.75, 3.05) is 12.4 Å². The molecule has 21 heavy (non-hydrogen) atoms. The summed E-state index contributed by atoms with van der Waals surface area (Å²) in [7, 11) is 1.66. The van der Waals surface area contributed by atoms with Gasteiger partial charge in [-0.3, -0.25) is 5.32 Å². The van der Waals surface area contributed by atoms with Gasteiger partial charge in [-0.15, -0.1) is 4.52 Å². The number of anilines is 2. The molecule has 0 bridgehead atoms. The van der Waals surface area contributed by atoms with Gasteiger partial charge in [0, 0.05) is 0 Å². The Kier molecular flexibility index (Phi) is 2.68. The lowest BCUT2D eigenvalue weighted by Crippen LogP contribution is -2.38. The van der Waals surface area contributed by atoms with Crippen LogP contribution in [0.15, 0.2) is 29.0 Å². The Morgan fingerprint density at radius 1 is 1.43 bits per heavy atom. The summed E-state index contributed by atoms with van der Waals surface area (Å²) in [6.45, 7) is 2.05. The van der Waals surface area contributed by atoms with E-state index in [0.29, 0.717) is 10.7 Å². The molecule has 0 unspecified atom stereocenters. The zero-order valence-electron chi connectivity index (χ0n) is 11.3. The van der Waals surface area contributed by atoms with Crippen molar-refractivity contribution in [1.29, 1.82) is 0 Å². The lowest BCUT2D eigenvalue weighted by molar-refractivity contribution is -0.585. The minimum atomic E-state index is 0.584. The average molecular weight is 367 g/mol. The van der Waals surface area contributed by atoms with Crippen LogP contribution >= 0.6 is 27.5 Å². The van der Waals surface area contributed by atoms with E-state index in [1.807, 2.05) is 27.4 Å². The fourth-order valence-corrected chi connectivity index (χ4v) is 3.52. The standard InChI is InChI=1S/C14H10BrClN4O/c1-7-3-4-10(21-2)12-11(7)18-13-8(15)5-9(16)14-17-6-19(12)20(13)14/h3-6H,1-2H3/p+1. The predicted molar refractivity (Wildman–Crippen MR) is 84.0 cm³/mol. The van der Waals surface area contributed by atoms with E-state index in [-0.39, 0.29) is 0 Å². The fourth-order valence-electron chi connectivity index (χ4n) is 2.65. The average Bonchev–Trinajstić information content (AvgIpc) is 2.91. The number of methoxy groups -OCH3 is 1. The number of halogens is 2. The Morgan fingerprint density at radius 2 is 2.24 bits per heavy atom. The first-order valence-electron chi connectivity index (χ1n) is 6.34. The van der Waals surface area contributed by atoms with Crippen LogP contribution in [-0.4, -0.2) is 16.8 Å². The molecule has 0 fully saturated rings. The predicted octanol–water partition coefficient (Wildman–Crippen LogP) is 3.40. The molecule has 3 heterocycles. The number of ether oxygens (including phenoxy) is 1. The zero-order chi connectivity index (χ0) is 14.7. The highest BCUT2D eigenvalue weighted by Gasteiger charge is 2.31. The Morgan fingerprint density at radius 3 is 3.00 bits per heavy atom. The quantitative estimate of drug-likeness (QED) is 0.525. The molecule has 5 nitrogen and oxygen atoms in total. The van der Waals surface area contributed by atoms with E-state index < -0.39 is 0 Å². The van der Waals surface area contributed by atoms with Gasteiger partial charge < -0.3 is 4.74 Å². The highest BCUT2D eigenvalue weighted by atomic mass is 79.9. The molecule has 7 heteroatoms. The topological polar surface area (TPSA) is 43.2 Å². The van der Waals surface area contributed by atoms with Crippen LogP contribution in [0.2, 0.25) is 5.02 Å². The molecule has 0 radical (unpaired) electrons. The molecule has 0 spiro atoms. The smallest absolute Gasteiger partial charge is 0.306 e. The molecule has 4 rings (SSSR count). The van der Waals surface area contributed by atoms with Crippen molar-refractivity contribution >= 4 is 44.7 Å². The number of pyridine rings is 1. The summed E-state index contributed by atoms with van der Waals surface area (Å²) in [5.41, 5.74) is 3.74. The van der Waals surface area contributed by atoms with Crippen LogP contribution in [-0.2, 0) is 0 Å². The van der Waals surface area contributed by atoms with Gasteiger partial charge in [-0.05, 0) is 40.5 Å². The molecule has 1 aliphatic heterocycles.